The molecule has 130 valence electrons. The summed E-state index contributed by atoms with van der Waals surface area (Å²) in [4.78, 5) is 1.29. The van der Waals surface area contributed by atoms with Gasteiger partial charge in [-0.15, -0.1) is 11.3 Å². The third-order valence-corrected chi connectivity index (χ3v) is 6.21. The lowest BCUT2D eigenvalue weighted by atomic mass is 10.2. The van der Waals surface area contributed by atoms with E-state index in [9.17, 15) is 8.42 Å². The van der Waals surface area contributed by atoms with Gasteiger partial charge in [0.2, 0.25) is 0 Å². The highest BCUT2D eigenvalue weighted by Crippen LogP contribution is 2.32. The largest absolute Gasteiger partial charge is 0.494 e. The van der Waals surface area contributed by atoms with E-state index in [0.717, 1.165) is 21.8 Å². The molecule has 0 fully saturated rings. The molecule has 0 aliphatic heterocycles. The van der Waals surface area contributed by atoms with Gasteiger partial charge in [0.25, 0.3) is 10.0 Å². The maximum absolute atomic E-state index is 12.6. The molecule has 0 aliphatic carbocycles. The smallest absolute Gasteiger partial charge is 0.262 e. The molecule has 1 aromatic heterocycles. The van der Waals surface area contributed by atoms with Crippen molar-refractivity contribution in [3.8, 4) is 16.2 Å². The van der Waals surface area contributed by atoms with Crippen LogP contribution < -0.4 is 9.46 Å². The summed E-state index contributed by atoms with van der Waals surface area (Å²) in [6.07, 6.45) is 0. The Balaban J connectivity index is 1.81. The molecule has 0 atom stereocenters. The van der Waals surface area contributed by atoms with Gasteiger partial charge in [-0.2, -0.15) is 0 Å². The fraction of sp³-hybridized carbons (Fsp3) is 0.158. The second kappa shape index (κ2) is 7.29. The van der Waals surface area contributed by atoms with Gasteiger partial charge in [-0.1, -0.05) is 18.2 Å². The molecule has 0 amide bonds. The van der Waals surface area contributed by atoms with E-state index in [0.29, 0.717) is 17.2 Å². The van der Waals surface area contributed by atoms with Crippen molar-refractivity contribution in [3.05, 3.63) is 65.5 Å². The number of nitrogens with one attached hydrogen (secondary N) is 1. The number of anilines is 1. The maximum atomic E-state index is 12.6. The molecule has 3 rings (SSSR count). The fourth-order valence-electron chi connectivity index (χ4n) is 2.49. The molecule has 0 bridgehead atoms. The van der Waals surface area contributed by atoms with Crippen LogP contribution in [0.2, 0.25) is 0 Å². The van der Waals surface area contributed by atoms with Crippen LogP contribution in [0.1, 0.15) is 12.5 Å². The normalized spacial score (nSPS) is 11.3. The summed E-state index contributed by atoms with van der Waals surface area (Å²) in [6, 6.07) is 16.5. The van der Waals surface area contributed by atoms with Gasteiger partial charge in [0.1, 0.15) is 5.75 Å². The quantitative estimate of drug-likeness (QED) is 0.667. The number of hydrogen-bond acceptors (Lipinski definition) is 4. The molecule has 3 aromatic rings. The van der Waals surface area contributed by atoms with Crippen molar-refractivity contribution in [2.24, 2.45) is 0 Å². The van der Waals surface area contributed by atoms with Gasteiger partial charge in [-0.05, 0) is 61.4 Å². The van der Waals surface area contributed by atoms with Crippen molar-refractivity contribution >= 4 is 27.0 Å². The summed E-state index contributed by atoms with van der Waals surface area (Å²) >= 11 is 1.49. The molecule has 0 aliphatic rings. The molecule has 0 radical (unpaired) electrons. The maximum Gasteiger partial charge on any atom is 0.262 e. The summed E-state index contributed by atoms with van der Waals surface area (Å²) in [5.41, 5.74) is 2.31. The SMILES string of the molecule is CCOc1ccc(-c2cc(NS(=O)(=O)c3ccccc3C)cs2)cc1. The van der Waals surface area contributed by atoms with E-state index >= 15 is 0 Å². The molecule has 6 heteroatoms. The molecule has 2 aromatic carbocycles. The zero-order valence-corrected chi connectivity index (χ0v) is 15.7. The first-order chi connectivity index (χ1) is 12.0. The number of aryl methyl sites for hydroxylation is 1. The molecule has 1 heterocycles. The van der Waals surface area contributed by atoms with Gasteiger partial charge in [0.05, 0.1) is 17.2 Å². The topological polar surface area (TPSA) is 55.4 Å². The molecular weight excluding hydrogens is 354 g/mol. The number of hydrogen-bond donors (Lipinski definition) is 1. The van der Waals surface area contributed by atoms with Gasteiger partial charge in [0.15, 0.2) is 0 Å². The highest BCUT2D eigenvalue weighted by Gasteiger charge is 2.17. The van der Waals surface area contributed by atoms with E-state index in [1.165, 1.54) is 11.3 Å². The van der Waals surface area contributed by atoms with Crippen LogP contribution in [0.3, 0.4) is 0 Å². The van der Waals surface area contributed by atoms with Gasteiger partial charge in [0, 0.05) is 10.3 Å². The molecule has 25 heavy (non-hydrogen) atoms. The molecule has 4 nitrogen and oxygen atoms in total. The van der Waals surface area contributed by atoms with Crippen molar-refractivity contribution in [3.63, 3.8) is 0 Å². The Labute approximate surface area is 152 Å². The van der Waals surface area contributed by atoms with E-state index in [-0.39, 0.29) is 0 Å². The third-order valence-electron chi connectivity index (χ3n) is 3.68. The van der Waals surface area contributed by atoms with Crippen molar-refractivity contribution < 1.29 is 13.2 Å². The Hall–Kier alpha value is -2.31. The molecule has 0 saturated carbocycles. The summed E-state index contributed by atoms with van der Waals surface area (Å²) < 4.78 is 33.2. The number of benzene rings is 2. The first-order valence-corrected chi connectivity index (χ1v) is 10.3. The fourth-order valence-corrected chi connectivity index (χ4v) is 4.70. The lowest BCUT2D eigenvalue weighted by Crippen LogP contribution is -2.13. The van der Waals surface area contributed by atoms with Crippen LogP contribution in [-0.2, 0) is 10.0 Å². The van der Waals surface area contributed by atoms with Gasteiger partial charge in [-0.3, -0.25) is 4.72 Å². The van der Waals surface area contributed by atoms with Gasteiger partial charge < -0.3 is 4.74 Å². The number of ether oxygens (including phenoxy) is 1. The minimum Gasteiger partial charge on any atom is -0.494 e. The Kier molecular flexibility index (Phi) is 5.11. The Morgan fingerprint density at radius 3 is 2.48 bits per heavy atom. The lowest BCUT2D eigenvalue weighted by Gasteiger charge is -2.08. The number of sulfonamides is 1. The van der Waals surface area contributed by atoms with E-state index in [2.05, 4.69) is 4.72 Å². The average molecular weight is 373 g/mol. The zero-order chi connectivity index (χ0) is 17.9. The molecule has 0 unspecified atom stereocenters. The van der Waals surface area contributed by atoms with E-state index < -0.39 is 10.0 Å². The van der Waals surface area contributed by atoms with E-state index in [1.807, 2.05) is 48.7 Å². The molecular formula is C19H19NO3S2. The van der Waals surface area contributed by atoms with Crippen LogP contribution in [0.4, 0.5) is 5.69 Å². The second-order valence-corrected chi connectivity index (χ2v) is 8.09. The van der Waals surface area contributed by atoms with Crippen LogP contribution in [0, 0.1) is 6.92 Å². The summed E-state index contributed by atoms with van der Waals surface area (Å²) in [6.45, 7) is 4.36. The van der Waals surface area contributed by atoms with Crippen LogP contribution in [0.15, 0.2) is 64.9 Å². The Morgan fingerprint density at radius 2 is 1.80 bits per heavy atom. The van der Waals surface area contributed by atoms with Crippen LogP contribution >= 0.6 is 11.3 Å². The molecule has 1 N–H and O–H groups in total. The standard InChI is InChI=1S/C19H19NO3S2/c1-3-23-17-10-8-15(9-11-17)18-12-16(13-24-18)20-25(21,22)19-7-5-4-6-14(19)2/h4-13,20H,3H2,1-2H3. The minimum atomic E-state index is -3.59. The van der Waals surface area contributed by atoms with Crippen LogP contribution in [0.5, 0.6) is 5.75 Å². The van der Waals surface area contributed by atoms with E-state index in [1.54, 1.807) is 25.1 Å². The molecule has 0 saturated heterocycles. The predicted octanol–water partition coefficient (Wildman–Crippen LogP) is 4.92. The Morgan fingerprint density at radius 1 is 1.08 bits per heavy atom. The summed E-state index contributed by atoms with van der Waals surface area (Å²) in [5.74, 6) is 0.822. The van der Waals surface area contributed by atoms with Crippen molar-refractivity contribution in [2.45, 2.75) is 18.7 Å². The number of rotatable bonds is 6. The highest BCUT2D eigenvalue weighted by molar-refractivity contribution is 7.92. The predicted molar refractivity (Wildman–Crippen MR) is 103 cm³/mol. The lowest BCUT2D eigenvalue weighted by molar-refractivity contribution is 0.340. The zero-order valence-electron chi connectivity index (χ0n) is 14.0. The van der Waals surface area contributed by atoms with Crippen molar-refractivity contribution in [1.82, 2.24) is 0 Å². The van der Waals surface area contributed by atoms with Gasteiger partial charge >= 0.3 is 0 Å². The van der Waals surface area contributed by atoms with Crippen LogP contribution in [0.25, 0.3) is 10.4 Å². The number of thiophene rings is 1. The highest BCUT2D eigenvalue weighted by atomic mass is 32.2. The minimum absolute atomic E-state index is 0.295. The molecule has 0 spiro atoms. The van der Waals surface area contributed by atoms with Crippen molar-refractivity contribution in [2.75, 3.05) is 11.3 Å². The van der Waals surface area contributed by atoms with Gasteiger partial charge in [-0.25, -0.2) is 8.42 Å². The summed E-state index contributed by atoms with van der Waals surface area (Å²) in [5, 5.41) is 1.81. The monoisotopic (exact) mass is 373 g/mol. The van der Waals surface area contributed by atoms with Crippen LogP contribution in [-0.4, -0.2) is 15.0 Å². The third kappa shape index (κ3) is 4.03. The summed E-state index contributed by atoms with van der Waals surface area (Å²) in [7, 11) is -3.59. The van der Waals surface area contributed by atoms with Crippen molar-refractivity contribution in [1.29, 1.82) is 0 Å². The average Bonchev–Trinajstić information content (AvgIpc) is 3.04. The first-order valence-electron chi connectivity index (χ1n) is 7.90. The Bertz CT molecular complexity index is 960. The second-order valence-electron chi connectivity index (χ2n) is 5.53. The van der Waals surface area contributed by atoms with E-state index in [4.69, 9.17) is 4.74 Å². The first kappa shape index (κ1) is 17.5.